The first-order chi connectivity index (χ1) is 20.2. The molecule has 1 rings (SSSR count). The molecule has 7 nitrogen and oxygen atoms in total. The Labute approximate surface area is 251 Å². The second-order valence-corrected chi connectivity index (χ2v) is 10.2. The summed E-state index contributed by atoms with van der Waals surface area (Å²) >= 11 is 0. The maximum absolute atomic E-state index is 12.8. The fourth-order valence-corrected chi connectivity index (χ4v) is 3.84. The number of allylic oxidation sites excluding steroid dienone is 12. The first-order valence-corrected chi connectivity index (χ1v) is 14.8. The number of hydrogen-bond acceptors (Lipinski definition) is 4. The maximum Gasteiger partial charge on any atom is 0.339 e. The third kappa shape index (κ3) is 17.5. The molecular weight excluding hydrogens is 528 g/mol. The van der Waals surface area contributed by atoms with E-state index in [1.54, 1.807) is 0 Å². The molecule has 1 aromatic carbocycles. The lowest BCUT2D eigenvalue weighted by atomic mass is 10.0. The number of carbonyl (C=O) groups excluding carboxylic acids is 2. The van der Waals surface area contributed by atoms with Crippen LogP contribution in [-0.2, 0) is 9.59 Å². The predicted molar refractivity (Wildman–Crippen MR) is 173 cm³/mol. The Morgan fingerprint density at radius 3 is 1.76 bits per heavy atom. The molecule has 7 heteroatoms. The number of carboxylic acid groups (broad SMARTS) is 1. The van der Waals surface area contributed by atoms with Gasteiger partial charge < -0.3 is 20.8 Å². The summed E-state index contributed by atoms with van der Waals surface area (Å²) in [4.78, 5) is 36.6. The molecule has 1 unspecified atom stereocenters. The Morgan fingerprint density at radius 2 is 1.29 bits per heavy atom. The summed E-state index contributed by atoms with van der Waals surface area (Å²) in [6, 6.07) is 3.05. The summed E-state index contributed by atoms with van der Waals surface area (Å²) in [5, 5.41) is 24.3. The Balaban J connectivity index is 2.33. The maximum atomic E-state index is 12.8. The Kier molecular flexibility index (Phi) is 19.3. The van der Waals surface area contributed by atoms with E-state index in [9.17, 15) is 24.6 Å². The van der Waals surface area contributed by atoms with E-state index in [0.717, 1.165) is 38.5 Å². The summed E-state index contributed by atoms with van der Waals surface area (Å²) in [5.41, 5.74) is -0.0789. The van der Waals surface area contributed by atoms with Crippen LogP contribution in [0, 0.1) is 5.92 Å². The molecule has 0 heterocycles. The van der Waals surface area contributed by atoms with Crippen molar-refractivity contribution in [3.63, 3.8) is 0 Å². The van der Waals surface area contributed by atoms with E-state index >= 15 is 0 Å². The second-order valence-electron chi connectivity index (χ2n) is 10.2. The minimum absolute atomic E-state index is 0.152. The molecular formula is C35H48N2O5. The summed E-state index contributed by atoms with van der Waals surface area (Å²) in [7, 11) is 0. The lowest BCUT2D eigenvalue weighted by Gasteiger charge is -2.20. The number of nitrogens with one attached hydrogen (secondary N) is 2. The molecule has 0 spiro atoms. The lowest BCUT2D eigenvalue weighted by Crippen LogP contribution is -2.44. The number of hydrogen-bond donors (Lipinski definition) is 4. The van der Waals surface area contributed by atoms with Crippen molar-refractivity contribution in [1.82, 2.24) is 5.32 Å². The van der Waals surface area contributed by atoms with Crippen molar-refractivity contribution in [2.45, 2.75) is 84.6 Å². The van der Waals surface area contributed by atoms with Gasteiger partial charge >= 0.3 is 5.97 Å². The van der Waals surface area contributed by atoms with Gasteiger partial charge in [-0.25, -0.2) is 4.79 Å². The number of aromatic carboxylic acids is 1. The molecule has 4 N–H and O–H groups in total. The van der Waals surface area contributed by atoms with Gasteiger partial charge in [0.1, 0.15) is 17.4 Å². The highest BCUT2D eigenvalue weighted by molar-refractivity contribution is 5.99. The Morgan fingerprint density at radius 1 is 0.786 bits per heavy atom. The van der Waals surface area contributed by atoms with E-state index in [4.69, 9.17) is 0 Å². The van der Waals surface area contributed by atoms with Gasteiger partial charge in [-0.3, -0.25) is 9.59 Å². The van der Waals surface area contributed by atoms with E-state index in [1.165, 1.54) is 18.2 Å². The van der Waals surface area contributed by atoms with Crippen molar-refractivity contribution in [1.29, 1.82) is 0 Å². The molecule has 0 aliphatic rings. The van der Waals surface area contributed by atoms with Gasteiger partial charge in [0.2, 0.25) is 11.8 Å². The van der Waals surface area contributed by atoms with Gasteiger partial charge in [0.15, 0.2) is 0 Å². The van der Waals surface area contributed by atoms with Gasteiger partial charge in [-0.05, 0) is 75.5 Å². The highest BCUT2D eigenvalue weighted by atomic mass is 16.4. The highest BCUT2D eigenvalue weighted by Crippen LogP contribution is 2.22. The fraction of sp³-hybridized carbons (Fsp3) is 0.400. The van der Waals surface area contributed by atoms with Crippen LogP contribution in [0.3, 0.4) is 0 Å². The number of carbonyl (C=O) groups is 3. The quantitative estimate of drug-likeness (QED) is 0.0926. The molecule has 0 bridgehead atoms. The molecule has 0 aliphatic heterocycles. The van der Waals surface area contributed by atoms with Crippen molar-refractivity contribution in [3.8, 4) is 5.75 Å². The average Bonchev–Trinajstić information content (AvgIpc) is 2.94. The van der Waals surface area contributed by atoms with Gasteiger partial charge in [-0.15, -0.1) is 0 Å². The number of benzene rings is 1. The number of aromatic hydroxyl groups is 1. The average molecular weight is 577 g/mol. The lowest BCUT2D eigenvalue weighted by molar-refractivity contribution is -0.126. The van der Waals surface area contributed by atoms with Crippen LogP contribution in [0.5, 0.6) is 5.75 Å². The van der Waals surface area contributed by atoms with Crippen molar-refractivity contribution in [2.75, 3.05) is 5.32 Å². The van der Waals surface area contributed by atoms with Crippen molar-refractivity contribution in [3.05, 3.63) is 96.7 Å². The Bertz CT molecular complexity index is 1140. The summed E-state index contributed by atoms with van der Waals surface area (Å²) in [6.45, 7) is 6.04. The van der Waals surface area contributed by atoms with E-state index in [0.29, 0.717) is 12.8 Å². The first-order valence-electron chi connectivity index (χ1n) is 14.8. The first kappa shape index (κ1) is 35.9. The standard InChI is InChI=1S/C35H48N2O5/c1-4-5-6-7-8-9-10-11-12-13-14-15-16-17-18-19-20-21-22-23-33(39)37-31(26-28(2)3)34(40)36-29-24-25-32(38)30(27-29)35(41)42/h5-6,8-9,11-12,14-15,17-18,20-21,24-25,27-28,31,38H,4,7,10,13,16,19,22-23,26H2,1-3H3,(H,36,40)(H,37,39)(H,41,42)/b6-5-,9-8-,12-11-,15-14-,18-17-,21-20-. The van der Waals surface area contributed by atoms with Crippen LogP contribution < -0.4 is 10.6 Å². The van der Waals surface area contributed by atoms with Gasteiger partial charge in [0.25, 0.3) is 0 Å². The zero-order chi connectivity index (χ0) is 31.0. The molecule has 0 fully saturated rings. The van der Waals surface area contributed by atoms with Crippen molar-refractivity contribution < 1.29 is 24.6 Å². The number of carboxylic acids is 1. The molecule has 0 aromatic heterocycles. The predicted octanol–water partition coefficient (Wildman–Crippen LogP) is 8.04. The minimum Gasteiger partial charge on any atom is -0.507 e. The number of anilines is 1. The van der Waals surface area contributed by atoms with Gasteiger partial charge in [0.05, 0.1) is 0 Å². The van der Waals surface area contributed by atoms with E-state index < -0.39 is 17.9 Å². The highest BCUT2D eigenvalue weighted by Gasteiger charge is 2.22. The molecule has 0 saturated carbocycles. The minimum atomic E-state index is -1.30. The zero-order valence-corrected chi connectivity index (χ0v) is 25.3. The van der Waals surface area contributed by atoms with Gasteiger partial charge in [-0.2, -0.15) is 0 Å². The van der Waals surface area contributed by atoms with Crippen LogP contribution in [0.25, 0.3) is 0 Å². The van der Waals surface area contributed by atoms with Crippen LogP contribution in [0.15, 0.2) is 91.1 Å². The molecule has 0 radical (unpaired) electrons. The SMILES string of the molecule is CC/C=C\C/C=C\C/C=C\C/C=C\C/C=C\C/C=C\CCC(=O)NC(CC(C)C)C(=O)Nc1ccc(O)c(C(=O)O)c1. The third-order valence-corrected chi connectivity index (χ3v) is 5.99. The van der Waals surface area contributed by atoms with Crippen LogP contribution in [-0.4, -0.2) is 34.0 Å². The van der Waals surface area contributed by atoms with Gasteiger partial charge in [-0.1, -0.05) is 93.7 Å². The van der Waals surface area contributed by atoms with E-state index in [1.807, 2.05) is 26.0 Å². The molecule has 0 aliphatic carbocycles. The van der Waals surface area contributed by atoms with Crippen molar-refractivity contribution in [2.24, 2.45) is 5.92 Å². The second kappa shape index (κ2) is 22.5. The fourth-order valence-electron chi connectivity index (χ4n) is 3.84. The summed E-state index contributed by atoms with van der Waals surface area (Å²) in [5.74, 6) is -2.20. The van der Waals surface area contributed by atoms with Crippen molar-refractivity contribution >= 4 is 23.5 Å². The normalized spacial score (nSPS) is 13.0. The van der Waals surface area contributed by atoms with E-state index in [-0.39, 0.29) is 35.2 Å². The van der Waals surface area contributed by atoms with Crippen LogP contribution in [0.4, 0.5) is 5.69 Å². The summed E-state index contributed by atoms with van der Waals surface area (Å²) < 4.78 is 0. The molecule has 1 atom stereocenters. The van der Waals surface area contributed by atoms with Crippen LogP contribution in [0.1, 0.15) is 88.9 Å². The number of rotatable bonds is 20. The zero-order valence-electron chi connectivity index (χ0n) is 25.3. The molecule has 228 valence electrons. The van der Waals surface area contributed by atoms with Crippen LogP contribution in [0.2, 0.25) is 0 Å². The van der Waals surface area contributed by atoms with Crippen LogP contribution >= 0.6 is 0 Å². The third-order valence-electron chi connectivity index (χ3n) is 5.99. The van der Waals surface area contributed by atoms with Gasteiger partial charge in [0, 0.05) is 12.1 Å². The summed E-state index contributed by atoms with van der Waals surface area (Å²) in [6.07, 6.45) is 32.5. The molecule has 2 amide bonds. The topological polar surface area (TPSA) is 116 Å². The largest absolute Gasteiger partial charge is 0.507 e. The Hall–Kier alpha value is -4.13. The molecule has 1 aromatic rings. The molecule has 0 saturated heterocycles. The van der Waals surface area contributed by atoms with E-state index in [2.05, 4.69) is 78.3 Å². The number of amides is 2. The smallest absolute Gasteiger partial charge is 0.339 e. The molecule has 42 heavy (non-hydrogen) atoms. The monoisotopic (exact) mass is 576 g/mol. The number of phenols is 1.